The standard InChI is InChI=1S/C20H23NO/c1-13-7-8-19(11-14(13)2)20(22)21-15(3)17-10-9-16-5-4-6-18(16)12-17/h7-12,15H,4-6H2,1-3H3,(H,21,22)/t15-/m0/s1. The predicted molar refractivity (Wildman–Crippen MR) is 90.3 cm³/mol. The van der Waals surface area contributed by atoms with E-state index in [1.807, 2.05) is 25.1 Å². The normalized spacial score (nSPS) is 14.5. The molecule has 2 aromatic rings. The summed E-state index contributed by atoms with van der Waals surface area (Å²) in [7, 11) is 0. The Hall–Kier alpha value is -2.09. The van der Waals surface area contributed by atoms with Gasteiger partial charge in [-0.05, 0) is 80.0 Å². The van der Waals surface area contributed by atoms with E-state index in [0.29, 0.717) is 0 Å². The van der Waals surface area contributed by atoms with Gasteiger partial charge >= 0.3 is 0 Å². The first-order chi connectivity index (χ1) is 10.5. The Morgan fingerprint density at radius 2 is 1.77 bits per heavy atom. The fourth-order valence-corrected chi connectivity index (χ4v) is 3.11. The van der Waals surface area contributed by atoms with Gasteiger partial charge in [0.15, 0.2) is 0 Å². The molecular weight excluding hydrogens is 270 g/mol. The van der Waals surface area contributed by atoms with Crippen LogP contribution in [0, 0.1) is 13.8 Å². The van der Waals surface area contributed by atoms with Crippen molar-refractivity contribution in [2.75, 3.05) is 0 Å². The molecule has 0 saturated heterocycles. The van der Waals surface area contributed by atoms with E-state index in [2.05, 4.69) is 37.4 Å². The van der Waals surface area contributed by atoms with Crippen LogP contribution >= 0.6 is 0 Å². The van der Waals surface area contributed by atoms with E-state index in [9.17, 15) is 4.79 Å². The highest BCUT2D eigenvalue weighted by Gasteiger charge is 2.15. The minimum absolute atomic E-state index is 0.00361. The summed E-state index contributed by atoms with van der Waals surface area (Å²) in [5.41, 5.74) is 7.20. The van der Waals surface area contributed by atoms with Crippen LogP contribution in [0.3, 0.4) is 0 Å². The van der Waals surface area contributed by atoms with E-state index in [1.165, 1.54) is 41.5 Å². The summed E-state index contributed by atoms with van der Waals surface area (Å²) in [4.78, 5) is 12.4. The highest BCUT2D eigenvalue weighted by molar-refractivity contribution is 5.94. The number of carbonyl (C=O) groups excluding carboxylic acids is 1. The molecule has 3 rings (SSSR count). The highest BCUT2D eigenvalue weighted by atomic mass is 16.1. The smallest absolute Gasteiger partial charge is 0.251 e. The number of hydrogen-bond donors (Lipinski definition) is 1. The number of rotatable bonds is 3. The largest absolute Gasteiger partial charge is 0.346 e. The maximum absolute atomic E-state index is 12.4. The fraction of sp³-hybridized carbons (Fsp3) is 0.350. The topological polar surface area (TPSA) is 29.1 Å². The summed E-state index contributed by atoms with van der Waals surface area (Å²) >= 11 is 0. The number of aryl methyl sites for hydroxylation is 4. The van der Waals surface area contributed by atoms with Gasteiger partial charge in [0, 0.05) is 5.56 Å². The van der Waals surface area contributed by atoms with Crippen LogP contribution in [0.5, 0.6) is 0 Å². The molecule has 1 aliphatic rings. The first-order valence-electron chi connectivity index (χ1n) is 8.04. The average Bonchev–Trinajstić information content (AvgIpc) is 2.97. The van der Waals surface area contributed by atoms with Crippen molar-refractivity contribution in [1.82, 2.24) is 5.32 Å². The van der Waals surface area contributed by atoms with E-state index in [4.69, 9.17) is 0 Å². The van der Waals surface area contributed by atoms with Gasteiger partial charge in [-0.25, -0.2) is 0 Å². The van der Waals surface area contributed by atoms with Crippen LogP contribution in [0.2, 0.25) is 0 Å². The number of nitrogens with one attached hydrogen (secondary N) is 1. The lowest BCUT2D eigenvalue weighted by molar-refractivity contribution is 0.0940. The Morgan fingerprint density at radius 1 is 1.00 bits per heavy atom. The van der Waals surface area contributed by atoms with Crippen LogP contribution in [-0.4, -0.2) is 5.91 Å². The zero-order chi connectivity index (χ0) is 15.7. The van der Waals surface area contributed by atoms with E-state index in [1.54, 1.807) is 0 Å². The molecule has 0 fully saturated rings. The van der Waals surface area contributed by atoms with E-state index in [-0.39, 0.29) is 11.9 Å². The second-order valence-corrected chi connectivity index (χ2v) is 6.38. The van der Waals surface area contributed by atoms with Crippen LogP contribution in [-0.2, 0) is 12.8 Å². The van der Waals surface area contributed by atoms with Gasteiger partial charge in [0.2, 0.25) is 0 Å². The lowest BCUT2D eigenvalue weighted by Gasteiger charge is -2.16. The molecule has 0 radical (unpaired) electrons. The molecule has 114 valence electrons. The van der Waals surface area contributed by atoms with Gasteiger partial charge in [-0.3, -0.25) is 4.79 Å². The van der Waals surface area contributed by atoms with E-state index >= 15 is 0 Å². The molecule has 0 saturated carbocycles. The number of hydrogen-bond acceptors (Lipinski definition) is 1. The van der Waals surface area contributed by atoms with Crippen LogP contribution < -0.4 is 5.32 Å². The third kappa shape index (κ3) is 2.92. The molecule has 0 aliphatic heterocycles. The van der Waals surface area contributed by atoms with Gasteiger partial charge in [0.25, 0.3) is 5.91 Å². The highest BCUT2D eigenvalue weighted by Crippen LogP contribution is 2.25. The van der Waals surface area contributed by atoms with Gasteiger partial charge in [0.1, 0.15) is 0 Å². The fourth-order valence-electron chi connectivity index (χ4n) is 3.11. The molecule has 1 aliphatic carbocycles. The van der Waals surface area contributed by atoms with Crippen LogP contribution in [0.15, 0.2) is 36.4 Å². The van der Waals surface area contributed by atoms with Crippen molar-refractivity contribution in [3.8, 4) is 0 Å². The number of carbonyl (C=O) groups is 1. The molecule has 0 bridgehead atoms. The minimum atomic E-state index is -0.00361. The molecule has 2 heteroatoms. The summed E-state index contributed by atoms with van der Waals surface area (Å²) in [5.74, 6) is -0.00361. The first kappa shape index (κ1) is 14.8. The maximum atomic E-state index is 12.4. The van der Waals surface area contributed by atoms with Crippen molar-refractivity contribution >= 4 is 5.91 Å². The van der Waals surface area contributed by atoms with Crippen molar-refractivity contribution in [3.63, 3.8) is 0 Å². The Kier molecular flexibility index (Phi) is 4.02. The van der Waals surface area contributed by atoms with Crippen molar-refractivity contribution < 1.29 is 4.79 Å². The van der Waals surface area contributed by atoms with Crippen LogP contribution in [0.4, 0.5) is 0 Å². The summed E-state index contributed by atoms with van der Waals surface area (Å²) in [5, 5.41) is 3.11. The minimum Gasteiger partial charge on any atom is -0.346 e. The van der Waals surface area contributed by atoms with Gasteiger partial charge in [-0.1, -0.05) is 24.3 Å². The Labute approximate surface area is 132 Å². The first-order valence-corrected chi connectivity index (χ1v) is 8.04. The van der Waals surface area contributed by atoms with Gasteiger partial charge in [-0.15, -0.1) is 0 Å². The molecule has 22 heavy (non-hydrogen) atoms. The van der Waals surface area contributed by atoms with Gasteiger partial charge in [-0.2, -0.15) is 0 Å². The molecule has 1 N–H and O–H groups in total. The molecule has 0 heterocycles. The predicted octanol–water partition coefficient (Wildman–Crippen LogP) is 4.28. The monoisotopic (exact) mass is 293 g/mol. The van der Waals surface area contributed by atoms with E-state index in [0.717, 1.165) is 11.1 Å². The van der Waals surface area contributed by atoms with Crippen LogP contribution in [0.25, 0.3) is 0 Å². The number of amides is 1. The third-order valence-electron chi connectivity index (χ3n) is 4.74. The molecule has 0 spiro atoms. The molecular formula is C20H23NO. The summed E-state index contributed by atoms with van der Waals surface area (Å²) in [6.07, 6.45) is 3.61. The summed E-state index contributed by atoms with van der Waals surface area (Å²) in [6, 6.07) is 12.5. The van der Waals surface area contributed by atoms with Gasteiger partial charge in [0.05, 0.1) is 6.04 Å². The second-order valence-electron chi connectivity index (χ2n) is 6.38. The lowest BCUT2D eigenvalue weighted by atomic mass is 10.0. The Bertz CT molecular complexity index is 718. The molecule has 0 unspecified atom stereocenters. The second kappa shape index (κ2) is 5.96. The van der Waals surface area contributed by atoms with Crippen molar-refractivity contribution in [3.05, 3.63) is 69.8 Å². The van der Waals surface area contributed by atoms with Crippen molar-refractivity contribution in [2.45, 2.75) is 46.1 Å². The quantitative estimate of drug-likeness (QED) is 0.899. The average molecular weight is 293 g/mol. The number of fused-ring (bicyclic) bond motifs is 1. The molecule has 2 nitrogen and oxygen atoms in total. The van der Waals surface area contributed by atoms with Crippen molar-refractivity contribution in [2.24, 2.45) is 0 Å². The molecule has 1 amide bonds. The SMILES string of the molecule is Cc1ccc(C(=O)N[C@@H](C)c2ccc3c(c2)CCC3)cc1C. The zero-order valence-corrected chi connectivity index (χ0v) is 13.6. The zero-order valence-electron chi connectivity index (χ0n) is 13.6. The summed E-state index contributed by atoms with van der Waals surface area (Å²) in [6.45, 7) is 6.15. The van der Waals surface area contributed by atoms with Crippen LogP contribution in [0.1, 0.15) is 57.6 Å². The number of benzene rings is 2. The Morgan fingerprint density at radius 3 is 2.55 bits per heavy atom. The molecule has 1 atom stereocenters. The van der Waals surface area contributed by atoms with E-state index < -0.39 is 0 Å². The third-order valence-corrected chi connectivity index (χ3v) is 4.74. The van der Waals surface area contributed by atoms with Crippen molar-refractivity contribution in [1.29, 1.82) is 0 Å². The van der Waals surface area contributed by atoms with Gasteiger partial charge < -0.3 is 5.32 Å². The molecule has 0 aromatic heterocycles. The Balaban J connectivity index is 1.74. The lowest BCUT2D eigenvalue weighted by Crippen LogP contribution is -2.26. The maximum Gasteiger partial charge on any atom is 0.251 e. The molecule has 2 aromatic carbocycles. The summed E-state index contributed by atoms with van der Waals surface area (Å²) < 4.78 is 0.